The van der Waals surface area contributed by atoms with Crippen LogP contribution in [-0.2, 0) is 10.7 Å². The van der Waals surface area contributed by atoms with Crippen molar-refractivity contribution in [1.29, 1.82) is 0 Å². The van der Waals surface area contributed by atoms with Crippen molar-refractivity contribution in [2.75, 3.05) is 26.2 Å². The summed E-state index contributed by atoms with van der Waals surface area (Å²) in [5, 5.41) is 11.8. The van der Waals surface area contributed by atoms with Crippen LogP contribution in [0, 0.1) is 6.42 Å². The van der Waals surface area contributed by atoms with Crippen molar-refractivity contribution in [2.24, 2.45) is 0 Å². The lowest BCUT2D eigenvalue weighted by molar-refractivity contribution is 0.187. The maximum Gasteiger partial charge on any atom is 0.156 e. The fourth-order valence-corrected chi connectivity index (χ4v) is 2.87. The van der Waals surface area contributed by atoms with Gasteiger partial charge in [-0.25, -0.2) is 8.42 Å². The molecule has 6 heteroatoms. The second-order valence-electron chi connectivity index (χ2n) is 4.51. The molecule has 0 amide bonds. The molecule has 1 aliphatic rings. The topological polar surface area (TPSA) is 69.6 Å². The van der Waals surface area contributed by atoms with Crippen LogP contribution in [0.2, 0.25) is 0 Å². The number of piperidine rings is 1. The van der Waals surface area contributed by atoms with E-state index >= 15 is 0 Å². The van der Waals surface area contributed by atoms with Crippen molar-refractivity contribution >= 4 is 10.7 Å². The molecule has 1 fully saturated rings. The van der Waals surface area contributed by atoms with Crippen LogP contribution in [0.15, 0.2) is 0 Å². The molecule has 1 saturated heterocycles. The molecule has 1 aliphatic heterocycles. The summed E-state index contributed by atoms with van der Waals surface area (Å²) in [7, 11) is -2.41. The average molecular weight is 263 g/mol. The van der Waals surface area contributed by atoms with Crippen molar-refractivity contribution in [1.82, 2.24) is 10.2 Å². The third-order valence-electron chi connectivity index (χ3n) is 2.92. The Kier molecular flexibility index (Phi) is 7.03. The largest absolute Gasteiger partial charge is 0.392 e. The molecular weight excluding hydrogens is 240 g/mol. The summed E-state index contributed by atoms with van der Waals surface area (Å²) in [6.45, 7) is 4.52. The van der Waals surface area contributed by atoms with Crippen LogP contribution in [0.3, 0.4) is 0 Å². The Hall–Kier alpha value is -0.170. The Morgan fingerprint density at radius 2 is 2.06 bits per heavy atom. The summed E-state index contributed by atoms with van der Waals surface area (Å²) >= 11 is 0. The van der Waals surface area contributed by atoms with Gasteiger partial charge in [0.1, 0.15) is 5.37 Å². The van der Waals surface area contributed by atoms with Crippen molar-refractivity contribution in [3.05, 3.63) is 6.42 Å². The number of hydrogen-bond acceptors (Lipinski definition) is 5. The lowest BCUT2D eigenvalue weighted by Gasteiger charge is -2.31. The van der Waals surface area contributed by atoms with E-state index in [0.717, 1.165) is 25.9 Å². The summed E-state index contributed by atoms with van der Waals surface area (Å²) < 4.78 is 22.5. The van der Waals surface area contributed by atoms with Crippen LogP contribution in [-0.4, -0.2) is 56.1 Å². The van der Waals surface area contributed by atoms with E-state index in [4.69, 9.17) is 5.11 Å². The highest BCUT2D eigenvalue weighted by atomic mass is 32.2. The van der Waals surface area contributed by atoms with E-state index in [1.54, 1.807) is 6.92 Å². The molecule has 1 rings (SSSR count). The third-order valence-corrected chi connectivity index (χ3v) is 4.00. The van der Waals surface area contributed by atoms with Gasteiger partial charge < -0.3 is 10.4 Å². The fraction of sp³-hybridized carbons (Fsp3) is 0.909. The fourth-order valence-electron chi connectivity index (χ4n) is 2.03. The number of nitrogens with zero attached hydrogens (tertiary/aromatic N) is 1. The molecule has 17 heavy (non-hydrogen) atoms. The number of aliphatic hydroxyl groups is 1. The molecule has 0 aromatic carbocycles. The molecule has 0 aliphatic carbocycles. The smallest absolute Gasteiger partial charge is 0.156 e. The monoisotopic (exact) mass is 263 g/mol. The van der Waals surface area contributed by atoms with Gasteiger partial charge in [-0.15, -0.1) is 0 Å². The molecule has 2 unspecified atom stereocenters. The predicted octanol–water partition coefficient (Wildman–Crippen LogP) is -0.416. The molecule has 0 aromatic rings. The Morgan fingerprint density at radius 1 is 1.41 bits per heavy atom. The van der Waals surface area contributed by atoms with Gasteiger partial charge in [0.05, 0.1) is 6.10 Å². The van der Waals surface area contributed by atoms with Gasteiger partial charge in [0, 0.05) is 6.54 Å². The van der Waals surface area contributed by atoms with E-state index in [-0.39, 0.29) is 11.5 Å². The van der Waals surface area contributed by atoms with Crippen LogP contribution in [0.4, 0.5) is 0 Å². The van der Waals surface area contributed by atoms with Gasteiger partial charge in [0.15, 0.2) is 10.7 Å². The van der Waals surface area contributed by atoms with E-state index in [1.165, 1.54) is 0 Å². The van der Waals surface area contributed by atoms with Gasteiger partial charge in [0.2, 0.25) is 0 Å². The summed E-state index contributed by atoms with van der Waals surface area (Å²) in [5.74, 6) is 0. The van der Waals surface area contributed by atoms with Crippen LogP contribution < -0.4 is 5.32 Å². The zero-order valence-corrected chi connectivity index (χ0v) is 11.2. The lowest BCUT2D eigenvalue weighted by Crippen LogP contribution is -2.42. The second kappa shape index (κ2) is 8.02. The number of rotatable bonds is 7. The highest BCUT2D eigenvalue weighted by Gasteiger charge is 2.22. The van der Waals surface area contributed by atoms with E-state index in [9.17, 15) is 8.42 Å². The van der Waals surface area contributed by atoms with Crippen LogP contribution in [0.25, 0.3) is 0 Å². The van der Waals surface area contributed by atoms with Gasteiger partial charge in [-0.05, 0) is 52.2 Å². The molecule has 5 nitrogen and oxygen atoms in total. The Labute approximate surface area is 105 Å². The zero-order chi connectivity index (χ0) is 12.7. The standard InChI is InChI=1S/C11H23N2O3S/c1-10(14)9-12-6-5-11(17(15)16)13-7-3-2-4-8-13/h2,10-12,14,17H,3-9H2,1H3. The second-order valence-corrected chi connectivity index (χ2v) is 5.68. The van der Waals surface area contributed by atoms with Gasteiger partial charge >= 0.3 is 0 Å². The highest BCUT2D eigenvalue weighted by molar-refractivity contribution is 7.73. The number of hydrogen-bond donors (Lipinski definition) is 3. The first-order valence-corrected chi connectivity index (χ1v) is 7.44. The quantitative estimate of drug-likeness (QED) is 0.430. The SMILES string of the molecule is CC(O)CNCCC(N1CC[CH]CC1)[SH](=O)=O. The first-order chi connectivity index (χ1) is 8.11. The van der Waals surface area contributed by atoms with Crippen LogP contribution >= 0.6 is 0 Å². The van der Waals surface area contributed by atoms with E-state index in [2.05, 4.69) is 11.7 Å². The molecular formula is C11H23N2O3S. The maximum absolute atomic E-state index is 11.2. The van der Waals surface area contributed by atoms with E-state index in [0.29, 0.717) is 19.5 Å². The molecule has 101 valence electrons. The van der Waals surface area contributed by atoms with Crippen LogP contribution in [0.1, 0.15) is 26.2 Å². The molecule has 2 atom stereocenters. The molecule has 2 N–H and O–H groups in total. The van der Waals surface area contributed by atoms with Gasteiger partial charge in [0.25, 0.3) is 0 Å². The molecule has 0 bridgehead atoms. The van der Waals surface area contributed by atoms with E-state index < -0.39 is 10.7 Å². The van der Waals surface area contributed by atoms with Gasteiger partial charge in [-0.1, -0.05) is 0 Å². The minimum absolute atomic E-state index is 0.361. The number of aliphatic hydroxyl groups excluding tert-OH is 1. The lowest BCUT2D eigenvalue weighted by atomic mass is 10.1. The number of nitrogens with one attached hydrogen (secondary N) is 1. The number of likely N-dealkylation sites (tertiary alicyclic amines) is 1. The molecule has 0 saturated carbocycles. The summed E-state index contributed by atoms with van der Waals surface area (Å²) in [6, 6.07) is 0. The Morgan fingerprint density at radius 3 is 2.59 bits per heavy atom. The molecule has 0 aromatic heterocycles. The van der Waals surface area contributed by atoms with Crippen molar-refractivity contribution < 1.29 is 13.5 Å². The zero-order valence-electron chi connectivity index (χ0n) is 10.3. The normalized spacial score (nSPS) is 21.6. The van der Waals surface area contributed by atoms with E-state index in [1.807, 2.05) is 4.90 Å². The van der Waals surface area contributed by atoms with Crippen molar-refractivity contribution in [2.45, 2.75) is 37.7 Å². The number of thiol groups is 1. The Balaban J connectivity index is 2.32. The third kappa shape index (κ3) is 5.81. The van der Waals surface area contributed by atoms with Gasteiger partial charge in [-0.2, -0.15) is 0 Å². The summed E-state index contributed by atoms with van der Waals surface area (Å²) in [5.41, 5.74) is 0. The minimum Gasteiger partial charge on any atom is -0.392 e. The van der Waals surface area contributed by atoms with Crippen molar-refractivity contribution in [3.63, 3.8) is 0 Å². The van der Waals surface area contributed by atoms with Gasteiger partial charge in [-0.3, -0.25) is 4.90 Å². The van der Waals surface area contributed by atoms with Crippen molar-refractivity contribution in [3.8, 4) is 0 Å². The summed E-state index contributed by atoms with van der Waals surface area (Å²) in [4.78, 5) is 2.04. The van der Waals surface area contributed by atoms with Crippen LogP contribution in [0.5, 0.6) is 0 Å². The molecule has 1 radical (unpaired) electrons. The first-order valence-electron chi connectivity index (χ1n) is 6.19. The molecule has 1 heterocycles. The Bertz CT molecular complexity index is 268. The first kappa shape index (κ1) is 14.9. The summed E-state index contributed by atoms with van der Waals surface area (Å²) in [6.07, 6.45) is 4.35. The minimum atomic E-state index is -2.41. The molecule has 0 spiro atoms. The average Bonchev–Trinajstić information content (AvgIpc) is 2.29. The maximum atomic E-state index is 11.2. The highest BCUT2D eigenvalue weighted by Crippen LogP contribution is 2.13. The predicted molar refractivity (Wildman–Crippen MR) is 68.4 cm³/mol.